The first-order valence-corrected chi connectivity index (χ1v) is 14.3. The van der Waals surface area contributed by atoms with Crippen LogP contribution in [0.4, 0.5) is 4.39 Å². The minimum Gasteiger partial charge on any atom is -0.491 e. The van der Waals surface area contributed by atoms with Crippen LogP contribution in [-0.4, -0.2) is 46.9 Å². The lowest BCUT2D eigenvalue weighted by molar-refractivity contribution is -0.189. The van der Waals surface area contributed by atoms with E-state index in [0.717, 1.165) is 37.4 Å². The molecule has 0 aliphatic carbocycles. The smallest absolute Gasteiger partial charge is 0.215 e. The Balaban J connectivity index is 1.06. The number of benzene rings is 3. The van der Waals surface area contributed by atoms with Gasteiger partial charge in [0.25, 0.3) is 0 Å². The molecule has 1 aromatic heterocycles. The fourth-order valence-corrected chi connectivity index (χ4v) is 5.86. The van der Waals surface area contributed by atoms with Crippen LogP contribution in [-0.2, 0) is 34.8 Å². The van der Waals surface area contributed by atoms with Gasteiger partial charge < -0.3 is 18.8 Å². The Labute approximate surface area is 248 Å². The Morgan fingerprint density at radius 3 is 2.76 bits per heavy atom. The van der Waals surface area contributed by atoms with E-state index in [1.807, 2.05) is 29.0 Å². The van der Waals surface area contributed by atoms with Crippen molar-refractivity contribution in [1.29, 1.82) is 0 Å². The van der Waals surface area contributed by atoms with Gasteiger partial charge in [0.05, 0.1) is 24.5 Å². The second-order valence-electron chi connectivity index (χ2n) is 10.3. The number of ether oxygens (including phenoxy) is 3. The van der Waals surface area contributed by atoms with E-state index in [1.165, 1.54) is 23.3 Å². The van der Waals surface area contributed by atoms with Crippen molar-refractivity contribution in [3.05, 3.63) is 124 Å². The number of rotatable bonds is 9. The van der Waals surface area contributed by atoms with Crippen LogP contribution in [0.25, 0.3) is 6.08 Å². The first-order valence-electron chi connectivity index (χ1n) is 13.6. The van der Waals surface area contributed by atoms with Gasteiger partial charge in [-0.2, -0.15) is 0 Å². The van der Waals surface area contributed by atoms with Gasteiger partial charge in [-0.05, 0) is 59.5 Å². The average molecular weight is 595 g/mol. The summed E-state index contributed by atoms with van der Waals surface area (Å²) in [6.45, 7) is 3.77. The molecule has 2 atom stereocenters. The van der Waals surface area contributed by atoms with Gasteiger partial charge in [0.1, 0.15) is 24.3 Å². The van der Waals surface area contributed by atoms with Crippen LogP contribution in [0, 0.1) is 5.82 Å². The second-order valence-corrected chi connectivity index (χ2v) is 11.2. The molecule has 0 bridgehead atoms. The lowest BCUT2D eigenvalue weighted by Gasteiger charge is -2.30. The van der Waals surface area contributed by atoms with E-state index in [9.17, 15) is 4.39 Å². The fourth-order valence-electron chi connectivity index (χ4n) is 5.31. The standard InChI is InChI=1S/C32H30Cl2FN3O3/c33-26-6-10-30(31(34)17-26)32(21-38-15-12-36-22-38)40-20-29(41-32)19-39-28-9-5-25-18-37(14-11-24(25)16-28)13-1-2-23-3-7-27(35)8-4-23/h1-10,12,15-17,22,29H,11,13-14,18-21H2/t29-,32-/m0/s1. The molecular formula is C32H30Cl2FN3O3. The number of imidazole rings is 1. The molecule has 4 aromatic rings. The molecule has 1 fully saturated rings. The zero-order valence-electron chi connectivity index (χ0n) is 22.4. The average Bonchev–Trinajstić information content (AvgIpc) is 3.63. The highest BCUT2D eigenvalue weighted by molar-refractivity contribution is 6.35. The van der Waals surface area contributed by atoms with Gasteiger partial charge in [-0.25, -0.2) is 9.37 Å². The molecule has 41 heavy (non-hydrogen) atoms. The lowest BCUT2D eigenvalue weighted by atomic mass is 9.99. The summed E-state index contributed by atoms with van der Waals surface area (Å²) in [5.41, 5.74) is 4.31. The van der Waals surface area contributed by atoms with Crippen LogP contribution in [0.5, 0.6) is 5.75 Å². The molecule has 212 valence electrons. The van der Waals surface area contributed by atoms with Gasteiger partial charge in [0.2, 0.25) is 5.79 Å². The normalized spacial score (nSPS) is 20.9. The van der Waals surface area contributed by atoms with Crippen molar-refractivity contribution in [3.63, 3.8) is 0 Å². The van der Waals surface area contributed by atoms with Crippen molar-refractivity contribution < 1.29 is 18.6 Å². The molecular weight excluding hydrogens is 564 g/mol. The Kier molecular flexibility index (Phi) is 8.42. The van der Waals surface area contributed by atoms with Crippen LogP contribution in [0.1, 0.15) is 22.3 Å². The highest BCUT2D eigenvalue weighted by Crippen LogP contribution is 2.40. The van der Waals surface area contributed by atoms with Crippen molar-refractivity contribution >= 4 is 29.3 Å². The first-order chi connectivity index (χ1) is 20.0. The van der Waals surface area contributed by atoms with Gasteiger partial charge in [-0.1, -0.05) is 59.6 Å². The molecule has 2 aliphatic heterocycles. The van der Waals surface area contributed by atoms with Gasteiger partial charge in [0, 0.05) is 42.6 Å². The Morgan fingerprint density at radius 2 is 1.95 bits per heavy atom. The third-order valence-corrected chi connectivity index (χ3v) is 7.95. The Bertz CT molecular complexity index is 1510. The van der Waals surface area contributed by atoms with Crippen LogP contribution in [0.15, 0.2) is 85.5 Å². The summed E-state index contributed by atoms with van der Waals surface area (Å²) in [7, 11) is 0. The summed E-state index contributed by atoms with van der Waals surface area (Å²) in [6, 6.07) is 18.1. The summed E-state index contributed by atoms with van der Waals surface area (Å²) >= 11 is 12.7. The molecule has 0 N–H and O–H groups in total. The number of fused-ring (bicyclic) bond motifs is 1. The van der Waals surface area contributed by atoms with Crippen LogP contribution >= 0.6 is 23.2 Å². The summed E-state index contributed by atoms with van der Waals surface area (Å²) in [6.07, 6.45) is 10.1. The van der Waals surface area contributed by atoms with Gasteiger partial charge in [0.15, 0.2) is 0 Å². The third-order valence-electron chi connectivity index (χ3n) is 7.40. The molecule has 3 heterocycles. The quantitative estimate of drug-likeness (QED) is 0.215. The van der Waals surface area contributed by atoms with Crippen molar-refractivity contribution in [2.24, 2.45) is 0 Å². The van der Waals surface area contributed by atoms with Crippen LogP contribution in [0.2, 0.25) is 10.0 Å². The lowest BCUT2D eigenvalue weighted by Crippen LogP contribution is -2.34. The molecule has 2 aliphatic rings. The minimum atomic E-state index is -1.08. The zero-order valence-corrected chi connectivity index (χ0v) is 23.9. The van der Waals surface area contributed by atoms with Crippen molar-refractivity contribution in [2.75, 3.05) is 26.3 Å². The summed E-state index contributed by atoms with van der Waals surface area (Å²) < 4.78 is 34.0. The molecule has 1 saturated heterocycles. The Hall–Kier alpha value is -3.20. The highest BCUT2D eigenvalue weighted by Gasteiger charge is 2.45. The molecule has 0 spiro atoms. The molecule has 0 radical (unpaired) electrons. The first kappa shape index (κ1) is 27.9. The number of halogens is 3. The molecule has 0 unspecified atom stereocenters. The second kappa shape index (κ2) is 12.3. The molecule has 6 nitrogen and oxygen atoms in total. The van der Waals surface area contributed by atoms with E-state index >= 15 is 0 Å². The maximum absolute atomic E-state index is 13.1. The van der Waals surface area contributed by atoms with Crippen LogP contribution in [0.3, 0.4) is 0 Å². The molecule has 0 amide bonds. The summed E-state index contributed by atoms with van der Waals surface area (Å²) in [4.78, 5) is 6.54. The van der Waals surface area contributed by atoms with Crippen molar-refractivity contribution in [1.82, 2.24) is 14.5 Å². The fraction of sp³-hybridized carbons (Fsp3) is 0.281. The largest absolute Gasteiger partial charge is 0.491 e. The Morgan fingerprint density at radius 1 is 1.07 bits per heavy atom. The van der Waals surface area contributed by atoms with Crippen molar-refractivity contribution in [2.45, 2.75) is 31.4 Å². The van der Waals surface area contributed by atoms with Crippen molar-refractivity contribution in [3.8, 4) is 5.75 Å². The summed E-state index contributed by atoms with van der Waals surface area (Å²) in [5, 5.41) is 1.03. The van der Waals surface area contributed by atoms with E-state index in [4.69, 9.17) is 37.4 Å². The maximum Gasteiger partial charge on any atom is 0.215 e. The maximum atomic E-state index is 13.1. The SMILES string of the molecule is Fc1ccc(C=CCN2CCc3cc(OC[C@H]4CO[C@](Cn5ccnc5)(c5ccc(Cl)cc5Cl)O4)ccc3C2)cc1. The van der Waals surface area contributed by atoms with Gasteiger partial charge >= 0.3 is 0 Å². The third kappa shape index (κ3) is 6.66. The van der Waals surface area contributed by atoms with E-state index in [0.29, 0.717) is 35.4 Å². The predicted octanol–water partition coefficient (Wildman–Crippen LogP) is 6.75. The predicted molar refractivity (Wildman–Crippen MR) is 158 cm³/mol. The van der Waals surface area contributed by atoms with E-state index in [2.05, 4.69) is 28.1 Å². The van der Waals surface area contributed by atoms with Gasteiger partial charge in [-0.3, -0.25) is 4.90 Å². The van der Waals surface area contributed by atoms with Gasteiger partial charge in [-0.15, -0.1) is 0 Å². The monoisotopic (exact) mass is 593 g/mol. The van der Waals surface area contributed by atoms with Crippen LogP contribution < -0.4 is 4.74 Å². The minimum absolute atomic E-state index is 0.219. The molecule has 3 aromatic carbocycles. The highest BCUT2D eigenvalue weighted by atomic mass is 35.5. The number of aromatic nitrogens is 2. The van der Waals surface area contributed by atoms with E-state index in [1.54, 1.807) is 36.8 Å². The zero-order chi connectivity index (χ0) is 28.2. The molecule has 9 heteroatoms. The number of hydrogen-bond acceptors (Lipinski definition) is 5. The summed E-state index contributed by atoms with van der Waals surface area (Å²) in [5.74, 6) is -0.488. The van der Waals surface area contributed by atoms with E-state index in [-0.39, 0.29) is 11.9 Å². The number of nitrogens with zero attached hydrogens (tertiary/aromatic N) is 3. The number of hydrogen-bond donors (Lipinski definition) is 0. The topological polar surface area (TPSA) is 48.8 Å². The van der Waals surface area contributed by atoms with E-state index < -0.39 is 5.79 Å². The molecule has 6 rings (SSSR count). The molecule has 0 saturated carbocycles.